The van der Waals surface area contributed by atoms with Crippen LogP contribution in [-0.2, 0) is 0 Å². The zero-order valence-electron chi connectivity index (χ0n) is 8.15. The maximum atomic E-state index is 5.92. The monoisotopic (exact) mass is 189 g/mol. The molecule has 2 heteroatoms. The lowest BCUT2D eigenvalue weighted by Gasteiger charge is -2.19. The van der Waals surface area contributed by atoms with E-state index in [2.05, 4.69) is 19.2 Å². The summed E-state index contributed by atoms with van der Waals surface area (Å²) in [5.41, 5.74) is 0. The first-order valence-corrected chi connectivity index (χ1v) is 5.52. The van der Waals surface area contributed by atoms with E-state index in [0.29, 0.717) is 11.4 Å². The molecule has 2 atom stereocenters. The van der Waals surface area contributed by atoms with Gasteiger partial charge in [-0.3, -0.25) is 0 Å². The summed E-state index contributed by atoms with van der Waals surface area (Å²) in [7, 11) is 0. The van der Waals surface area contributed by atoms with Gasteiger partial charge in [0.1, 0.15) is 0 Å². The maximum Gasteiger partial charge on any atom is 0.0322 e. The van der Waals surface area contributed by atoms with Crippen molar-refractivity contribution in [3.63, 3.8) is 0 Å². The van der Waals surface area contributed by atoms with Gasteiger partial charge < -0.3 is 5.32 Å². The van der Waals surface area contributed by atoms with Crippen molar-refractivity contribution >= 4 is 11.6 Å². The molecule has 0 spiro atoms. The van der Waals surface area contributed by atoms with Crippen molar-refractivity contribution in [2.24, 2.45) is 0 Å². The maximum absolute atomic E-state index is 5.92. The second-order valence-corrected chi connectivity index (χ2v) is 4.81. The lowest BCUT2D eigenvalue weighted by molar-refractivity contribution is 0.430. The average Bonchev–Trinajstić information content (AvgIpc) is 2.37. The van der Waals surface area contributed by atoms with Crippen molar-refractivity contribution in [2.75, 3.05) is 0 Å². The standard InChI is InChI=1S/C10H20ClN/c1-8(11)7-9(2)12-10-5-3-4-6-10/h8-10,12H,3-7H2,1-2H3. The van der Waals surface area contributed by atoms with Crippen LogP contribution in [0.5, 0.6) is 0 Å². The smallest absolute Gasteiger partial charge is 0.0322 e. The highest BCUT2D eigenvalue weighted by atomic mass is 35.5. The molecule has 1 saturated carbocycles. The van der Waals surface area contributed by atoms with Gasteiger partial charge in [-0.2, -0.15) is 0 Å². The molecule has 1 aliphatic carbocycles. The molecule has 0 amide bonds. The summed E-state index contributed by atoms with van der Waals surface area (Å²) in [5, 5.41) is 3.93. The Balaban J connectivity index is 2.11. The number of halogens is 1. The summed E-state index contributed by atoms with van der Waals surface area (Å²) in [6, 6.07) is 1.36. The van der Waals surface area contributed by atoms with Crippen LogP contribution in [0.25, 0.3) is 0 Å². The predicted octanol–water partition coefficient (Wildman–Crippen LogP) is 2.92. The molecular formula is C10H20ClN. The molecule has 0 aromatic rings. The van der Waals surface area contributed by atoms with E-state index < -0.39 is 0 Å². The van der Waals surface area contributed by atoms with Crippen molar-refractivity contribution in [3.8, 4) is 0 Å². The molecule has 1 rings (SSSR count). The second-order valence-electron chi connectivity index (χ2n) is 4.07. The minimum Gasteiger partial charge on any atom is -0.311 e. The third-order valence-electron chi connectivity index (χ3n) is 2.55. The molecule has 0 radical (unpaired) electrons. The first kappa shape index (κ1) is 10.3. The summed E-state index contributed by atoms with van der Waals surface area (Å²) in [6.07, 6.45) is 6.61. The van der Waals surface area contributed by atoms with E-state index in [1.54, 1.807) is 0 Å². The van der Waals surface area contributed by atoms with Crippen LogP contribution in [0.4, 0.5) is 0 Å². The van der Waals surface area contributed by atoms with Crippen LogP contribution < -0.4 is 5.32 Å². The Hall–Kier alpha value is 0.250. The van der Waals surface area contributed by atoms with E-state index in [0.717, 1.165) is 12.5 Å². The molecular weight excluding hydrogens is 170 g/mol. The summed E-state index contributed by atoms with van der Waals surface area (Å²) in [6.45, 7) is 4.30. The fourth-order valence-corrected chi connectivity index (χ4v) is 2.32. The van der Waals surface area contributed by atoms with E-state index in [1.165, 1.54) is 25.7 Å². The van der Waals surface area contributed by atoms with Crippen molar-refractivity contribution in [1.29, 1.82) is 0 Å². The summed E-state index contributed by atoms with van der Waals surface area (Å²) < 4.78 is 0. The van der Waals surface area contributed by atoms with Crippen LogP contribution in [0.2, 0.25) is 0 Å². The molecule has 1 aliphatic rings. The van der Waals surface area contributed by atoms with Crippen molar-refractivity contribution < 1.29 is 0 Å². The van der Waals surface area contributed by atoms with Gasteiger partial charge in [-0.1, -0.05) is 12.8 Å². The van der Waals surface area contributed by atoms with Crippen LogP contribution in [0, 0.1) is 0 Å². The number of alkyl halides is 1. The molecule has 0 bridgehead atoms. The third kappa shape index (κ3) is 3.77. The Morgan fingerprint density at radius 2 is 1.92 bits per heavy atom. The van der Waals surface area contributed by atoms with E-state index in [-0.39, 0.29) is 0 Å². The van der Waals surface area contributed by atoms with Gasteiger partial charge in [0.05, 0.1) is 0 Å². The van der Waals surface area contributed by atoms with Gasteiger partial charge in [0, 0.05) is 17.5 Å². The molecule has 1 N–H and O–H groups in total. The van der Waals surface area contributed by atoms with E-state index in [9.17, 15) is 0 Å². The topological polar surface area (TPSA) is 12.0 Å². The summed E-state index contributed by atoms with van der Waals surface area (Å²) >= 11 is 5.92. The van der Waals surface area contributed by atoms with Gasteiger partial charge in [-0.05, 0) is 33.1 Å². The predicted molar refractivity (Wildman–Crippen MR) is 54.8 cm³/mol. The first-order valence-electron chi connectivity index (χ1n) is 5.08. The van der Waals surface area contributed by atoms with Gasteiger partial charge in [-0.25, -0.2) is 0 Å². The second kappa shape index (κ2) is 5.08. The molecule has 1 fully saturated rings. The first-order chi connectivity index (χ1) is 5.68. The normalized spacial score (nSPS) is 24.2. The average molecular weight is 190 g/mol. The number of rotatable bonds is 4. The van der Waals surface area contributed by atoms with Gasteiger partial charge in [0.15, 0.2) is 0 Å². The number of hydrogen-bond acceptors (Lipinski definition) is 1. The lowest BCUT2D eigenvalue weighted by atomic mass is 10.1. The van der Waals surface area contributed by atoms with Gasteiger partial charge in [-0.15, -0.1) is 11.6 Å². The highest BCUT2D eigenvalue weighted by Crippen LogP contribution is 2.19. The Morgan fingerprint density at radius 1 is 1.33 bits per heavy atom. The highest BCUT2D eigenvalue weighted by molar-refractivity contribution is 6.20. The largest absolute Gasteiger partial charge is 0.311 e. The Kier molecular flexibility index (Phi) is 4.38. The van der Waals surface area contributed by atoms with Gasteiger partial charge in [0.25, 0.3) is 0 Å². The molecule has 0 aromatic heterocycles. The van der Waals surface area contributed by atoms with Crippen molar-refractivity contribution in [1.82, 2.24) is 5.32 Å². The van der Waals surface area contributed by atoms with Crippen molar-refractivity contribution in [3.05, 3.63) is 0 Å². The van der Waals surface area contributed by atoms with Crippen LogP contribution in [0.3, 0.4) is 0 Å². The lowest BCUT2D eigenvalue weighted by Crippen LogP contribution is -2.35. The van der Waals surface area contributed by atoms with Crippen molar-refractivity contribution in [2.45, 2.75) is 63.4 Å². The molecule has 0 aliphatic heterocycles. The number of nitrogens with one attached hydrogen (secondary N) is 1. The zero-order valence-corrected chi connectivity index (χ0v) is 8.90. The van der Waals surface area contributed by atoms with Crippen LogP contribution in [0.15, 0.2) is 0 Å². The number of hydrogen-bond donors (Lipinski definition) is 1. The SMILES string of the molecule is CC(Cl)CC(C)NC1CCCC1. The van der Waals surface area contributed by atoms with E-state index >= 15 is 0 Å². The summed E-state index contributed by atoms with van der Waals surface area (Å²) in [4.78, 5) is 0. The third-order valence-corrected chi connectivity index (χ3v) is 2.73. The quantitative estimate of drug-likeness (QED) is 0.671. The molecule has 12 heavy (non-hydrogen) atoms. The molecule has 72 valence electrons. The van der Waals surface area contributed by atoms with Gasteiger partial charge in [0.2, 0.25) is 0 Å². The Bertz CT molecular complexity index is 119. The van der Waals surface area contributed by atoms with E-state index in [4.69, 9.17) is 11.6 Å². The van der Waals surface area contributed by atoms with E-state index in [1.807, 2.05) is 0 Å². The van der Waals surface area contributed by atoms with Crippen LogP contribution in [0.1, 0.15) is 46.0 Å². The van der Waals surface area contributed by atoms with Crippen LogP contribution >= 0.6 is 11.6 Å². The molecule has 0 saturated heterocycles. The zero-order chi connectivity index (χ0) is 8.97. The minimum atomic E-state index is 0.300. The molecule has 2 unspecified atom stereocenters. The molecule has 0 heterocycles. The Labute approximate surface area is 80.9 Å². The molecule has 1 nitrogen and oxygen atoms in total. The fraction of sp³-hybridized carbons (Fsp3) is 1.00. The Morgan fingerprint density at radius 3 is 2.42 bits per heavy atom. The molecule has 0 aromatic carbocycles. The highest BCUT2D eigenvalue weighted by Gasteiger charge is 2.17. The minimum absolute atomic E-state index is 0.300. The van der Waals surface area contributed by atoms with Crippen LogP contribution in [-0.4, -0.2) is 17.5 Å². The fourth-order valence-electron chi connectivity index (χ4n) is 2.05. The van der Waals surface area contributed by atoms with Gasteiger partial charge >= 0.3 is 0 Å². The summed E-state index contributed by atoms with van der Waals surface area (Å²) in [5.74, 6) is 0.